The van der Waals surface area contributed by atoms with Crippen LogP contribution in [0.4, 0.5) is 4.39 Å². The van der Waals surface area contributed by atoms with Crippen LogP contribution in [0.3, 0.4) is 0 Å². The molecule has 1 aromatic carbocycles. The summed E-state index contributed by atoms with van der Waals surface area (Å²) in [5, 5.41) is 0. The predicted molar refractivity (Wildman–Crippen MR) is 65.8 cm³/mol. The average Bonchev–Trinajstić information content (AvgIpc) is 2.35. The number of rotatable bonds is 3. The summed E-state index contributed by atoms with van der Waals surface area (Å²) in [6.45, 7) is 0.360. The average molecular weight is 252 g/mol. The first-order valence-electron chi connectivity index (χ1n) is 5.19. The second-order valence-electron chi connectivity index (χ2n) is 3.76. The Bertz CT molecular complexity index is 562. The molecule has 4 heteroatoms. The molecule has 0 saturated carbocycles. The smallest absolute Gasteiger partial charge is 0.251 e. The number of aromatic nitrogens is 1. The zero-order valence-electron chi connectivity index (χ0n) is 9.07. The van der Waals surface area contributed by atoms with Crippen LogP contribution in [0.15, 0.2) is 47.4 Å². The van der Waals surface area contributed by atoms with E-state index in [4.69, 9.17) is 11.6 Å². The maximum absolute atomic E-state index is 13.0. The lowest BCUT2D eigenvalue weighted by Gasteiger charge is -2.06. The van der Waals surface area contributed by atoms with E-state index >= 15 is 0 Å². The number of benzene rings is 1. The van der Waals surface area contributed by atoms with Crippen LogP contribution >= 0.6 is 11.6 Å². The lowest BCUT2D eigenvalue weighted by atomic mass is 10.1. The standard InChI is InChI=1S/C13H11ClFNO/c14-7-10-1-3-11(4-2-10)8-16-9-12(15)5-6-13(16)17/h1-6,9H,7-8H2. The van der Waals surface area contributed by atoms with Gasteiger partial charge in [-0.3, -0.25) is 4.79 Å². The molecule has 2 nitrogen and oxygen atoms in total. The van der Waals surface area contributed by atoms with E-state index in [0.29, 0.717) is 12.4 Å². The first-order valence-corrected chi connectivity index (χ1v) is 5.72. The highest BCUT2D eigenvalue weighted by molar-refractivity contribution is 6.17. The van der Waals surface area contributed by atoms with Crippen LogP contribution in [0.2, 0.25) is 0 Å². The monoisotopic (exact) mass is 251 g/mol. The molecular weight excluding hydrogens is 241 g/mol. The number of hydrogen-bond acceptors (Lipinski definition) is 1. The molecular formula is C13H11ClFNO. The summed E-state index contributed by atoms with van der Waals surface area (Å²) in [4.78, 5) is 11.5. The van der Waals surface area contributed by atoms with E-state index in [-0.39, 0.29) is 5.56 Å². The minimum absolute atomic E-state index is 0.215. The summed E-state index contributed by atoms with van der Waals surface area (Å²) in [5.74, 6) is 0.0437. The molecule has 2 aromatic rings. The lowest BCUT2D eigenvalue weighted by molar-refractivity contribution is 0.595. The molecule has 0 aliphatic heterocycles. The topological polar surface area (TPSA) is 22.0 Å². The largest absolute Gasteiger partial charge is 0.308 e. The number of alkyl halides is 1. The number of pyridine rings is 1. The number of nitrogens with zero attached hydrogens (tertiary/aromatic N) is 1. The molecule has 0 spiro atoms. The highest BCUT2D eigenvalue weighted by Gasteiger charge is 2.00. The van der Waals surface area contributed by atoms with Gasteiger partial charge in [-0.2, -0.15) is 0 Å². The van der Waals surface area contributed by atoms with Crippen LogP contribution in [0.25, 0.3) is 0 Å². The Balaban J connectivity index is 2.25. The van der Waals surface area contributed by atoms with Gasteiger partial charge in [-0.15, -0.1) is 11.6 Å². The quantitative estimate of drug-likeness (QED) is 0.769. The normalized spacial score (nSPS) is 10.5. The van der Waals surface area contributed by atoms with Gasteiger partial charge < -0.3 is 4.57 Å². The Morgan fingerprint density at radius 1 is 1.06 bits per heavy atom. The summed E-state index contributed by atoms with van der Waals surface area (Å²) in [7, 11) is 0. The van der Waals surface area contributed by atoms with Gasteiger partial charge in [-0.1, -0.05) is 24.3 Å². The highest BCUT2D eigenvalue weighted by Crippen LogP contribution is 2.08. The summed E-state index contributed by atoms with van der Waals surface area (Å²) < 4.78 is 14.3. The van der Waals surface area contributed by atoms with Gasteiger partial charge in [0.25, 0.3) is 5.56 Å². The van der Waals surface area contributed by atoms with Crippen LogP contribution in [0.5, 0.6) is 0 Å². The third kappa shape index (κ3) is 2.94. The van der Waals surface area contributed by atoms with Crippen LogP contribution in [-0.4, -0.2) is 4.57 Å². The minimum atomic E-state index is -0.415. The molecule has 0 aliphatic carbocycles. The number of hydrogen-bond donors (Lipinski definition) is 0. The molecule has 0 bridgehead atoms. The van der Waals surface area contributed by atoms with Gasteiger partial charge in [-0.05, 0) is 17.2 Å². The van der Waals surface area contributed by atoms with Gasteiger partial charge in [0.2, 0.25) is 0 Å². The van der Waals surface area contributed by atoms with Crippen molar-refractivity contribution in [2.75, 3.05) is 0 Å². The Morgan fingerprint density at radius 2 is 1.71 bits per heavy atom. The van der Waals surface area contributed by atoms with Crippen LogP contribution < -0.4 is 5.56 Å². The van der Waals surface area contributed by atoms with Gasteiger partial charge >= 0.3 is 0 Å². The third-order valence-electron chi connectivity index (χ3n) is 2.48. The summed E-state index contributed by atoms with van der Waals surface area (Å²) >= 11 is 5.68. The fourth-order valence-corrected chi connectivity index (χ4v) is 1.73. The Morgan fingerprint density at radius 3 is 2.35 bits per heavy atom. The third-order valence-corrected chi connectivity index (χ3v) is 2.79. The van der Waals surface area contributed by atoms with Crippen molar-refractivity contribution in [2.24, 2.45) is 0 Å². The Kier molecular flexibility index (Phi) is 3.59. The molecule has 0 aliphatic rings. The van der Waals surface area contributed by atoms with E-state index in [0.717, 1.165) is 17.2 Å². The fourth-order valence-electron chi connectivity index (χ4n) is 1.56. The van der Waals surface area contributed by atoms with Crippen molar-refractivity contribution in [3.05, 3.63) is 69.9 Å². The number of halogens is 2. The highest BCUT2D eigenvalue weighted by atomic mass is 35.5. The molecule has 0 atom stereocenters. The van der Waals surface area contributed by atoms with Crippen molar-refractivity contribution >= 4 is 11.6 Å². The van der Waals surface area contributed by atoms with Crippen LogP contribution in [0, 0.1) is 5.82 Å². The van der Waals surface area contributed by atoms with E-state index < -0.39 is 5.82 Å². The zero-order valence-corrected chi connectivity index (χ0v) is 9.82. The van der Waals surface area contributed by atoms with Crippen molar-refractivity contribution < 1.29 is 4.39 Å². The molecule has 2 rings (SSSR count). The molecule has 88 valence electrons. The first-order chi connectivity index (χ1) is 8.19. The van der Waals surface area contributed by atoms with Crippen LogP contribution in [0.1, 0.15) is 11.1 Å². The van der Waals surface area contributed by atoms with Crippen molar-refractivity contribution in [3.8, 4) is 0 Å². The first kappa shape index (κ1) is 11.9. The SMILES string of the molecule is O=c1ccc(F)cn1Cc1ccc(CCl)cc1. The maximum Gasteiger partial charge on any atom is 0.251 e. The van der Waals surface area contributed by atoms with Crippen molar-refractivity contribution in [3.63, 3.8) is 0 Å². The molecule has 0 amide bonds. The zero-order chi connectivity index (χ0) is 12.3. The Labute approximate surface area is 103 Å². The van der Waals surface area contributed by atoms with Crippen LogP contribution in [-0.2, 0) is 12.4 Å². The summed E-state index contributed by atoms with van der Waals surface area (Å²) in [5.41, 5.74) is 1.74. The molecule has 0 fully saturated rings. The van der Waals surface area contributed by atoms with Crippen molar-refractivity contribution in [2.45, 2.75) is 12.4 Å². The van der Waals surface area contributed by atoms with Gasteiger partial charge in [0.1, 0.15) is 5.82 Å². The van der Waals surface area contributed by atoms with Gasteiger partial charge in [0.05, 0.1) is 6.54 Å². The van der Waals surface area contributed by atoms with Gasteiger partial charge in [0, 0.05) is 18.1 Å². The maximum atomic E-state index is 13.0. The van der Waals surface area contributed by atoms with Crippen molar-refractivity contribution in [1.29, 1.82) is 0 Å². The molecule has 1 aromatic heterocycles. The fraction of sp³-hybridized carbons (Fsp3) is 0.154. The van der Waals surface area contributed by atoms with Crippen molar-refractivity contribution in [1.82, 2.24) is 4.57 Å². The van der Waals surface area contributed by atoms with Gasteiger partial charge in [-0.25, -0.2) is 4.39 Å². The second-order valence-corrected chi connectivity index (χ2v) is 4.03. The molecule has 0 N–H and O–H groups in total. The van der Waals surface area contributed by atoms with E-state index in [1.54, 1.807) is 0 Å². The van der Waals surface area contributed by atoms with Gasteiger partial charge in [0.15, 0.2) is 0 Å². The molecule has 0 saturated heterocycles. The molecule has 1 heterocycles. The van der Waals surface area contributed by atoms with E-state index in [9.17, 15) is 9.18 Å². The molecule has 17 heavy (non-hydrogen) atoms. The predicted octanol–water partition coefficient (Wildman–Crippen LogP) is 2.77. The molecule has 0 unspecified atom stereocenters. The van der Waals surface area contributed by atoms with E-state index in [1.807, 2.05) is 24.3 Å². The summed E-state index contributed by atoms with van der Waals surface area (Å²) in [6.07, 6.45) is 1.21. The lowest BCUT2D eigenvalue weighted by Crippen LogP contribution is -2.19. The molecule has 0 radical (unpaired) electrons. The van der Waals surface area contributed by atoms with E-state index in [1.165, 1.54) is 16.8 Å². The Hall–Kier alpha value is -1.61. The summed E-state index contributed by atoms with van der Waals surface area (Å²) in [6, 6.07) is 9.95. The van der Waals surface area contributed by atoms with E-state index in [2.05, 4.69) is 0 Å². The second kappa shape index (κ2) is 5.15. The minimum Gasteiger partial charge on any atom is -0.308 e.